The van der Waals surface area contributed by atoms with E-state index < -0.39 is 0 Å². The van der Waals surface area contributed by atoms with Gasteiger partial charge in [0.05, 0.1) is 19.8 Å². The lowest BCUT2D eigenvalue weighted by Crippen LogP contribution is -2.45. The van der Waals surface area contributed by atoms with Crippen LogP contribution in [0.15, 0.2) is 0 Å². The van der Waals surface area contributed by atoms with Gasteiger partial charge in [-0.1, -0.05) is 6.92 Å². The van der Waals surface area contributed by atoms with Crippen molar-refractivity contribution in [3.05, 3.63) is 0 Å². The number of hydrogen-bond acceptors (Lipinski definition) is 4. The van der Waals surface area contributed by atoms with Crippen LogP contribution < -0.4 is 0 Å². The van der Waals surface area contributed by atoms with Crippen molar-refractivity contribution in [2.75, 3.05) is 45.9 Å². The summed E-state index contributed by atoms with van der Waals surface area (Å²) in [5, 5.41) is 17.8. The monoisotopic (exact) mass is 244 g/mol. The summed E-state index contributed by atoms with van der Waals surface area (Å²) in [6.45, 7) is 5.06. The molecule has 0 spiro atoms. The highest BCUT2D eigenvalue weighted by atomic mass is 16.3. The summed E-state index contributed by atoms with van der Waals surface area (Å²) >= 11 is 0. The standard InChI is InChI=1S/C12H24N2O3/c1-11-3-2-4-14(9-11)12(17)10-13(5-7-15)6-8-16/h11,15-16H,2-10H2,1H3. The third-order valence-electron chi connectivity index (χ3n) is 3.20. The van der Waals surface area contributed by atoms with Crippen molar-refractivity contribution in [1.82, 2.24) is 9.80 Å². The molecule has 2 N–H and O–H groups in total. The quantitative estimate of drug-likeness (QED) is 0.663. The number of nitrogens with zero attached hydrogens (tertiary/aromatic N) is 2. The van der Waals surface area contributed by atoms with Crippen molar-refractivity contribution in [2.24, 2.45) is 5.92 Å². The molecule has 0 bridgehead atoms. The second kappa shape index (κ2) is 7.63. The van der Waals surface area contributed by atoms with Crippen molar-refractivity contribution < 1.29 is 15.0 Å². The van der Waals surface area contributed by atoms with Crippen molar-refractivity contribution in [1.29, 1.82) is 0 Å². The summed E-state index contributed by atoms with van der Waals surface area (Å²) in [5.41, 5.74) is 0. The van der Waals surface area contributed by atoms with Gasteiger partial charge >= 0.3 is 0 Å². The molecular formula is C12H24N2O3. The Labute approximate surface area is 103 Å². The number of rotatable bonds is 6. The lowest BCUT2D eigenvalue weighted by atomic mass is 10.0. The minimum Gasteiger partial charge on any atom is -0.395 e. The van der Waals surface area contributed by atoms with E-state index in [1.807, 2.05) is 4.90 Å². The van der Waals surface area contributed by atoms with Crippen LogP contribution in [0.3, 0.4) is 0 Å². The van der Waals surface area contributed by atoms with Crippen molar-refractivity contribution >= 4 is 5.91 Å². The molecule has 1 atom stereocenters. The fourth-order valence-electron chi connectivity index (χ4n) is 2.26. The van der Waals surface area contributed by atoms with Crippen molar-refractivity contribution in [3.63, 3.8) is 0 Å². The Morgan fingerprint density at radius 3 is 2.53 bits per heavy atom. The summed E-state index contributed by atoms with van der Waals surface area (Å²) in [5.74, 6) is 0.690. The maximum atomic E-state index is 12.0. The third-order valence-corrected chi connectivity index (χ3v) is 3.20. The smallest absolute Gasteiger partial charge is 0.236 e. The Balaban J connectivity index is 2.39. The molecule has 1 unspecified atom stereocenters. The van der Waals surface area contributed by atoms with Gasteiger partial charge in [-0.3, -0.25) is 9.69 Å². The molecule has 0 aromatic heterocycles. The number of carbonyl (C=O) groups excluding carboxylic acids is 1. The summed E-state index contributed by atoms with van der Waals surface area (Å²) < 4.78 is 0. The molecule has 1 amide bonds. The van der Waals surface area contributed by atoms with Crippen LogP contribution in [0.25, 0.3) is 0 Å². The maximum absolute atomic E-state index is 12.0. The van der Waals surface area contributed by atoms with Gasteiger partial charge in [-0.2, -0.15) is 0 Å². The van der Waals surface area contributed by atoms with Gasteiger partial charge in [0.2, 0.25) is 5.91 Å². The number of piperidine rings is 1. The van der Waals surface area contributed by atoms with E-state index in [0.717, 1.165) is 19.5 Å². The first-order valence-corrected chi connectivity index (χ1v) is 6.39. The Morgan fingerprint density at radius 2 is 2.00 bits per heavy atom. The molecule has 5 heteroatoms. The predicted molar refractivity (Wildman–Crippen MR) is 65.6 cm³/mol. The van der Waals surface area contributed by atoms with Crippen LogP contribution in [0.2, 0.25) is 0 Å². The van der Waals surface area contributed by atoms with Crippen LogP contribution in [0, 0.1) is 5.92 Å². The molecule has 100 valence electrons. The number of aliphatic hydroxyl groups is 2. The van der Waals surface area contributed by atoms with Gasteiger partial charge in [0, 0.05) is 26.2 Å². The van der Waals surface area contributed by atoms with E-state index >= 15 is 0 Å². The molecule has 1 rings (SSSR count). The predicted octanol–water partition coefficient (Wildman–Crippen LogP) is -0.468. The van der Waals surface area contributed by atoms with E-state index in [2.05, 4.69) is 6.92 Å². The van der Waals surface area contributed by atoms with Gasteiger partial charge in [0.25, 0.3) is 0 Å². The zero-order valence-corrected chi connectivity index (χ0v) is 10.6. The van der Waals surface area contributed by atoms with Crippen LogP contribution in [-0.2, 0) is 4.79 Å². The highest BCUT2D eigenvalue weighted by Crippen LogP contribution is 2.15. The molecule has 0 aromatic carbocycles. The first kappa shape index (κ1) is 14.4. The zero-order chi connectivity index (χ0) is 12.7. The second-order valence-corrected chi connectivity index (χ2v) is 4.81. The minimum absolute atomic E-state index is 0.0175. The van der Waals surface area contributed by atoms with Crippen molar-refractivity contribution in [2.45, 2.75) is 19.8 Å². The van der Waals surface area contributed by atoms with Gasteiger partial charge in [-0.25, -0.2) is 0 Å². The van der Waals surface area contributed by atoms with E-state index in [1.54, 1.807) is 4.90 Å². The van der Waals surface area contributed by atoms with Crippen LogP contribution in [0.5, 0.6) is 0 Å². The highest BCUT2D eigenvalue weighted by Gasteiger charge is 2.22. The largest absolute Gasteiger partial charge is 0.395 e. The van der Waals surface area contributed by atoms with Crippen LogP contribution >= 0.6 is 0 Å². The van der Waals surface area contributed by atoms with Gasteiger partial charge in [-0.15, -0.1) is 0 Å². The highest BCUT2D eigenvalue weighted by molar-refractivity contribution is 5.78. The van der Waals surface area contributed by atoms with E-state index in [1.165, 1.54) is 6.42 Å². The summed E-state index contributed by atoms with van der Waals surface area (Å²) in [4.78, 5) is 15.7. The SMILES string of the molecule is CC1CCCN(C(=O)CN(CCO)CCO)C1. The summed E-state index contributed by atoms with van der Waals surface area (Å²) in [6, 6.07) is 0. The Morgan fingerprint density at radius 1 is 1.35 bits per heavy atom. The number of carbonyl (C=O) groups is 1. The van der Waals surface area contributed by atoms with Gasteiger partial charge in [-0.05, 0) is 18.8 Å². The molecule has 1 aliphatic heterocycles. The fourth-order valence-corrected chi connectivity index (χ4v) is 2.26. The first-order valence-electron chi connectivity index (χ1n) is 6.39. The molecule has 1 fully saturated rings. The van der Waals surface area contributed by atoms with Gasteiger partial charge < -0.3 is 15.1 Å². The average molecular weight is 244 g/mol. The molecule has 0 aliphatic carbocycles. The first-order chi connectivity index (χ1) is 8.17. The number of likely N-dealkylation sites (tertiary alicyclic amines) is 1. The van der Waals surface area contributed by atoms with E-state index in [0.29, 0.717) is 25.6 Å². The van der Waals surface area contributed by atoms with Gasteiger partial charge in [0.15, 0.2) is 0 Å². The van der Waals surface area contributed by atoms with Crippen LogP contribution in [-0.4, -0.2) is 71.9 Å². The van der Waals surface area contributed by atoms with Crippen molar-refractivity contribution in [3.8, 4) is 0 Å². The molecule has 1 heterocycles. The van der Waals surface area contributed by atoms with Gasteiger partial charge in [0.1, 0.15) is 0 Å². The lowest BCUT2D eigenvalue weighted by Gasteiger charge is -2.32. The van der Waals surface area contributed by atoms with E-state index in [-0.39, 0.29) is 19.1 Å². The third kappa shape index (κ3) is 5.02. The van der Waals surface area contributed by atoms with E-state index in [9.17, 15) is 4.79 Å². The molecule has 5 nitrogen and oxygen atoms in total. The molecular weight excluding hydrogens is 220 g/mol. The number of amides is 1. The normalized spacial score (nSPS) is 20.9. The maximum Gasteiger partial charge on any atom is 0.236 e. The molecule has 0 saturated carbocycles. The van der Waals surface area contributed by atoms with Crippen LogP contribution in [0.4, 0.5) is 0 Å². The summed E-state index contributed by atoms with van der Waals surface area (Å²) in [7, 11) is 0. The number of aliphatic hydroxyl groups excluding tert-OH is 2. The Bertz CT molecular complexity index is 230. The second-order valence-electron chi connectivity index (χ2n) is 4.81. The molecule has 0 radical (unpaired) electrons. The zero-order valence-electron chi connectivity index (χ0n) is 10.6. The number of hydrogen-bond donors (Lipinski definition) is 2. The Hall–Kier alpha value is -0.650. The topological polar surface area (TPSA) is 64.0 Å². The molecule has 1 aliphatic rings. The molecule has 1 saturated heterocycles. The minimum atomic E-state index is 0.0175. The van der Waals surface area contributed by atoms with Crippen LogP contribution in [0.1, 0.15) is 19.8 Å². The summed E-state index contributed by atoms with van der Waals surface area (Å²) in [6.07, 6.45) is 2.27. The fraction of sp³-hybridized carbons (Fsp3) is 0.917. The lowest BCUT2D eigenvalue weighted by molar-refractivity contribution is -0.134. The molecule has 17 heavy (non-hydrogen) atoms. The molecule has 0 aromatic rings. The average Bonchev–Trinajstić information content (AvgIpc) is 2.29. The Kier molecular flexibility index (Phi) is 6.47. The van der Waals surface area contributed by atoms with E-state index in [4.69, 9.17) is 10.2 Å².